The molecule has 32 heavy (non-hydrogen) atoms. The number of amides is 1. The molecular weight excluding hydrogens is 414 g/mol. The van der Waals surface area contributed by atoms with E-state index in [2.05, 4.69) is 5.32 Å². The highest BCUT2D eigenvalue weighted by molar-refractivity contribution is 5.91. The fourth-order valence-electron chi connectivity index (χ4n) is 2.69. The second kappa shape index (κ2) is 11.8. The number of ether oxygens (including phenoxy) is 5. The molecule has 0 unspecified atom stereocenters. The van der Waals surface area contributed by atoms with Crippen molar-refractivity contribution >= 4 is 12.1 Å². The zero-order valence-corrected chi connectivity index (χ0v) is 19.2. The summed E-state index contributed by atoms with van der Waals surface area (Å²) in [5.74, 6) is 0.586. The maximum absolute atomic E-state index is 12.5. The van der Waals surface area contributed by atoms with Crippen LogP contribution in [0.25, 0.3) is 0 Å². The van der Waals surface area contributed by atoms with E-state index >= 15 is 0 Å². The number of benzene rings is 2. The fourth-order valence-corrected chi connectivity index (χ4v) is 2.69. The second-order valence-electron chi connectivity index (χ2n) is 7.90. The Labute approximate surface area is 188 Å². The molecule has 0 aliphatic heterocycles. The molecule has 0 saturated heterocycles. The molecular formula is C24H31NO7. The van der Waals surface area contributed by atoms with Crippen molar-refractivity contribution in [3.05, 3.63) is 53.6 Å². The highest BCUT2D eigenvalue weighted by Gasteiger charge is 2.19. The van der Waals surface area contributed by atoms with Crippen LogP contribution in [0.4, 0.5) is 4.79 Å². The number of hydrogen-bond donors (Lipinski definition) is 1. The average Bonchev–Trinajstić information content (AvgIpc) is 2.76. The summed E-state index contributed by atoms with van der Waals surface area (Å²) in [6, 6.07) is 12.8. The van der Waals surface area contributed by atoms with Gasteiger partial charge < -0.3 is 29.0 Å². The molecule has 174 valence electrons. The lowest BCUT2D eigenvalue weighted by atomic mass is 10.1. The molecule has 2 aromatic carbocycles. The number of rotatable bonds is 10. The van der Waals surface area contributed by atoms with Crippen LogP contribution in [0.5, 0.6) is 17.2 Å². The van der Waals surface area contributed by atoms with Crippen molar-refractivity contribution < 1.29 is 33.3 Å². The third-order valence-electron chi connectivity index (χ3n) is 4.14. The number of methoxy groups -OCH3 is 2. The van der Waals surface area contributed by atoms with Gasteiger partial charge in [0.1, 0.15) is 12.2 Å². The van der Waals surface area contributed by atoms with Crippen LogP contribution in [0.2, 0.25) is 0 Å². The van der Waals surface area contributed by atoms with Crippen LogP contribution in [-0.2, 0) is 16.1 Å². The van der Waals surface area contributed by atoms with E-state index in [0.29, 0.717) is 36.8 Å². The van der Waals surface area contributed by atoms with Gasteiger partial charge in [0, 0.05) is 6.54 Å². The first-order chi connectivity index (χ1) is 15.2. The molecule has 8 heteroatoms. The van der Waals surface area contributed by atoms with Crippen molar-refractivity contribution in [2.45, 2.75) is 39.4 Å². The molecule has 2 aromatic rings. The van der Waals surface area contributed by atoms with Crippen molar-refractivity contribution in [1.82, 2.24) is 5.32 Å². The van der Waals surface area contributed by atoms with Crippen LogP contribution in [-0.4, -0.2) is 45.0 Å². The van der Waals surface area contributed by atoms with Crippen LogP contribution >= 0.6 is 0 Å². The SMILES string of the molecule is COc1cc(C(=O)OCCCNC(=O)OC(C)(C)C)cc(OC)c1OCc1ccccc1. The third kappa shape index (κ3) is 8.02. The van der Waals surface area contributed by atoms with Crippen molar-refractivity contribution in [2.24, 2.45) is 0 Å². The first-order valence-electron chi connectivity index (χ1n) is 10.3. The summed E-state index contributed by atoms with van der Waals surface area (Å²) in [5.41, 5.74) is 0.692. The number of alkyl carbamates (subject to hydrolysis) is 1. The summed E-state index contributed by atoms with van der Waals surface area (Å²) >= 11 is 0. The molecule has 1 N–H and O–H groups in total. The standard InChI is InChI=1S/C24H31NO7/c1-24(2,3)32-23(27)25-12-9-13-30-22(26)18-14-19(28-4)21(20(15-18)29-5)31-16-17-10-7-6-8-11-17/h6-8,10-11,14-15H,9,12-13,16H2,1-5H3,(H,25,27). The highest BCUT2D eigenvalue weighted by atomic mass is 16.6. The van der Waals surface area contributed by atoms with Gasteiger partial charge in [0.15, 0.2) is 11.5 Å². The molecule has 0 fully saturated rings. The van der Waals surface area contributed by atoms with E-state index in [1.165, 1.54) is 14.2 Å². The van der Waals surface area contributed by atoms with Crippen LogP contribution in [0.15, 0.2) is 42.5 Å². The minimum atomic E-state index is -0.564. The Morgan fingerprint density at radius 1 is 0.969 bits per heavy atom. The van der Waals surface area contributed by atoms with E-state index in [4.69, 9.17) is 23.7 Å². The fraction of sp³-hybridized carbons (Fsp3) is 0.417. The molecule has 0 bridgehead atoms. The van der Waals surface area contributed by atoms with Gasteiger partial charge in [-0.1, -0.05) is 30.3 Å². The highest BCUT2D eigenvalue weighted by Crippen LogP contribution is 2.39. The molecule has 1 amide bonds. The monoisotopic (exact) mass is 445 g/mol. The Balaban J connectivity index is 1.93. The molecule has 0 spiro atoms. The molecule has 0 aromatic heterocycles. The lowest BCUT2D eigenvalue weighted by Crippen LogP contribution is -2.33. The van der Waals surface area contributed by atoms with Crippen LogP contribution < -0.4 is 19.5 Å². The predicted molar refractivity (Wildman–Crippen MR) is 119 cm³/mol. The molecule has 2 rings (SSSR count). The van der Waals surface area contributed by atoms with Crippen LogP contribution in [0.3, 0.4) is 0 Å². The van der Waals surface area contributed by atoms with E-state index in [1.54, 1.807) is 32.9 Å². The molecule has 0 atom stereocenters. The summed E-state index contributed by atoms with van der Waals surface area (Å²) in [7, 11) is 2.98. The van der Waals surface area contributed by atoms with Crippen molar-refractivity contribution in [1.29, 1.82) is 0 Å². The van der Waals surface area contributed by atoms with Gasteiger partial charge in [0.25, 0.3) is 0 Å². The van der Waals surface area contributed by atoms with Gasteiger partial charge in [-0.2, -0.15) is 0 Å². The van der Waals surface area contributed by atoms with Crippen molar-refractivity contribution in [2.75, 3.05) is 27.4 Å². The smallest absolute Gasteiger partial charge is 0.407 e. The van der Waals surface area contributed by atoms with Crippen LogP contribution in [0, 0.1) is 0 Å². The number of nitrogens with one attached hydrogen (secondary N) is 1. The van der Waals surface area contributed by atoms with E-state index in [9.17, 15) is 9.59 Å². The normalized spacial score (nSPS) is 10.8. The third-order valence-corrected chi connectivity index (χ3v) is 4.14. The van der Waals surface area contributed by atoms with E-state index in [-0.39, 0.29) is 12.2 Å². The van der Waals surface area contributed by atoms with E-state index in [1.807, 2.05) is 30.3 Å². The summed E-state index contributed by atoms with van der Waals surface area (Å²) in [6.07, 6.45) is -0.0678. The minimum absolute atomic E-state index is 0.130. The van der Waals surface area contributed by atoms with Crippen LogP contribution in [0.1, 0.15) is 43.1 Å². The first kappa shape index (κ1) is 24.8. The molecule has 0 aliphatic rings. The van der Waals surface area contributed by atoms with Gasteiger partial charge in [-0.25, -0.2) is 9.59 Å². The van der Waals surface area contributed by atoms with E-state index < -0.39 is 17.7 Å². The minimum Gasteiger partial charge on any atom is -0.493 e. The second-order valence-corrected chi connectivity index (χ2v) is 7.90. The zero-order chi connectivity index (χ0) is 23.6. The van der Waals surface area contributed by atoms with Gasteiger partial charge in [-0.05, 0) is 44.9 Å². The lowest BCUT2D eigenvalue weighted by molar-refractivity contribution is 0.0482. The molecule has 0 saturated carbocycles. The lowest BCUT2D eigenvalue weighted by Gasteiger charge is -2.19. The maximum atomic E-state index is 12.5. The van der Waals surface area contributed by atoms with Gasteiger partial charge in [-0.3, -0.25) is 0 Å². The van der Waals surface area contributed by atoms with Gasteiger partial charge in [0.05, 0.1) is 26.4 Å². The van der Waals surface area contributed by atoms with Gasteiger partial charge >= 0.3 is 12.1 Å². The molecule has 0 aliphatic carbocycles. The van der Waals surface area contributed by atoms with Gasteiger partial charge in [0.2, 0.25) is 5.75 Å². The number of carbonyl (C=O) groups excluding carboxylic acids is 2. The van der Waals surface area contributed by atoms with E-state index in [0.717, 1.165) is 5.56 Å². The quantitative estimate of drug-likeness (QED) is 0.429. The number of carbonyl (C=O) groups is 2. The Morgan fingerprint density at radius 2 is 1.59 bits per heavy atom. The average molecular weight is 446 g/mol. The molecule has 8 nitrogen and oxygen atoms in total. The maximum Gasteiger partial charge on any atom is 0.407 e. The topological polar surface area (TPSA) is 92.3 Å². The molecule has 0 radical (unpaired) electrons. The number of esters is 1. The summed E-state index contributed by atoms with van der Waals surface area (Å²) in [5, 5.41) is 2.62. The summed E-state index contributed by atoms with van der Waals surface area (Å²) < 4.78 is 27.1. The summed E-state index contributed by atoms with van der Waals surface area (Å²) in [4.78, 5) is 24.1. The largest absolute Gasteiger partial charge is 0.493 e. The Bertz CT molecular complexity index is 866. The molecule has 0 heterocycles. The van der Waals surface area contributed by atoms with Crippen molar-refractivity contribution in [3.8, 4) is 17.2 Å². The first-order valence-corrected chi connectivity index (χ1v) is 10.3. The predicted octanol–water partition coefficient (Wildman–Crippen LogP) is 4.35. The Morgan fingerprint density at radius 3 is 2.16 bits per heavy atom. The van der Waals surface area contributed by atoms with Gasteiger partial charge in [-0.15, -0.1) is 0 Å². The number of hydrogen-bond acceptors (Lipinski definition) is 7. The zero-order valence-electron chi connectivity index (χ0n) is 19.2. The Hall–Kier alpha value is -3.42. The Kier molecular flexibility index (Phi) is 9.19. The summed E-state index contributed by atoms with van der Waals surface area (Å²) in [6.45, 7) is 6.13. The van der Waals surface area contributed by atoms with Crippen molar-refractivity contribution in [3.63, 3.8) is 0 Å².